The molecule has 0 aliphatic carbocycles. The number of halogens is 1. The van der Waals surface area contributed by atoms with Gasteiger partial charge in [0.2, 0.25) is 15.8 Å². The molecule has 0 spiro atoms. The smallest absolute Gasteiger partial charge is 0.306 e. The molecule has 112 valence electrons. The molecule has 0 heterocycles. The molecule has 0 aromatic heterocycles. The van der Waals surface area contributed by atoms with Crippen molar-refractivity contribution in [3.63, 3.8) is 0 Å². The van der Waals surface area contributed by atoms with Crippen LogP contribution in [0.3, 0.4) is 0 Å². The molecule has 1 aromatic carbocycles. The van der Waals surface area contributed by atoms with Gasteiger partial charge in [-0.05, 0) is 25.0 Å². The van der Waals surface area contributed by atoms with Gasteiger partial charge in [0.1, 0.15) is 0 Å². The number of nitro groups is 1. The first-order valence-corrected chi connectivity index (χ1v) is 7.24. The van der Waals surface area contributed by atoms with Crippen molar-refractivity contribution in [2.24, 2.45) is 5.92 Å². The van der Waals surface area contributed by atoms with E-state index >= 15 is 0 Å². The van der Waals surface area contributed by atoms with Crippen molar-refractivity contribution in [3.8, 4) is 0 Å². The second kappa shape index (κ2) is 6.25. The third-order valence-corrected chi connectivity index (χ3v) is 4.46. The van der Waals surface area contributed by atoms with Crippen molar-refractivity contribution in [2.45, 2.75) is 24.8 Å². The van der Waals surface area contributed by atoms with Crippen molar-refractivity contribution >= 4 is 15.7 Å². The zero-order valence-electron chi connectivity index (χ0n) is 10.9. The minimum atomic E-state index is -4.02. The molecule has 0 amide bonds. The molecule has 7 nitrogen and oxygen atoms in total. The highest BCUT2D eigenvalue weighted by Crippen LogP contribution is 2.22. The lowest BCUT2D eigenvalue weighted by Crippen LogP contribution is -2.38. The Hall–Kier alpha value is -1.58. The van der Waals surface area contributed by atoms with E-state index in [2.05, 4.69) is 4.72 Å². The Morgan fingerprint density at radius 2 is 2.05 bits per heavy atom. The molecule has 0 bridgehead atoms. The van der Waals surface area contributed by atoms with Crippen LogP contribution in [-0.2, 0) is 10.0 Å². The lowest BCUT2D eigenvalue weighted by atomic mass is 10.1. The van der Waals surface area contributed by atoms with Gasteiger partial charge in [0.15, 0.2) is 0 Å². The molecule has 0 aliphatic rings. The van der Waals surface area contributed by atoms with Gasteiger partial charge in [0.05, 0.1) is 9.82 Å². The summed E-state index contributed by atoms with van der Waals surface area (Å²) in [5.41, 5.74) is -0.907. The lowest BCUT2D eigenvalue weighted by molar-refractivity contribution is -0.387. The number of sulfonamides is 1. The van der Waals surface area contributed by atoms with Crippen LogP contribution in [0.4, 0.5) is 10.1 Å². The Labute approximate surface area is 115 Å². The van der Waals surface area contributed by atoms with Crippen molar-refractivity contribution in [1.29, 1.82) is 0 Å². The van der Waals surface area contributed by atoms with E-state index in [0.717, 1.165) is 12.1 Å². The largest absolute Gasteiger partial charge is 0.396 e. The number of hydrogen-bond acceptors (Lipinski definition) is 5. The molecule has 2 unspecified atom stereocenters. The second-order valence-electron chi connectivity index (χ2n) is 4.44. The number of hydrogen-bond donors (Lipinski definition) is 2. The minimum Gasteiger partial charge on any atom is -0.396 e. The fourth-order valence-corrected chi connectivity index (χ4v) is 2.76. The summed E-state index contributed by atoms with van der Waals surface area (Å²) < 4.78 is 39.5. The molecule has 1 rings (SSSR count). The summed E-state index contributed by atoms with van der Waals surface area (Å²) in [6.45, 7) is 2.98. The van der Waals surface area contributed by atoms with Gasteiger partial charge in [0, 0.05) is 18.7 Å². The van der Waals surface area contributed by atoms with Crippen LogP contribution >= 0.6 is 0 Å². The van der Waals surface area contributed by atoms with E-state index in [4.69, 9.17) is 5.11 Å². The van der Waals surface area contributed by atoms with E-state index < -0.39 is 37.4 Å². The number of benzene rings is 1. The van der Waals surface area contributed by atoms with E-state index in [0.29, 0.717) is 6.07 Å². The number of nitrogens with one attached hydrogen (secondary N) is 1. The highest BCUT2D eigenvalue weighted by atomic mass is 32.2. The van der Waals surface area contributed by atoms with Gasteiger partial charge in [0.25, 0.3) is 0 Å². The number of nitro benzene ring substituents is 1. The Kier molecular flexibility index (Phi) is 5.15. The summed E-state index contributed by atoms with van der Waals surface area (Å²) in [7, 11) is -4.02. The lowest BCUT2D eigenvalue weighted by Gasteiger charge is -2.19. The maximum atomic E-state index is 13.2. The standard InChI is InChI=1S/C11H15FN2O5S/c1-7(6-15)8(2)13-20(18,19)9-3-4-10(12)11(5-9)14(16)17/h3-5,7-8,13,15H,6H2,1-2H3. The van der Waals surface area contributed by atoms with Gasteiger partial charge in [-0.2, -0.15) is 4.39 Å². The summed E-state index contributed by atoms with van der Waals surface area (Å²) in [4.78, 5) is 9.20. The summed E-state index contributed by atoms with van der Waals surface area (Å²) in [6.07, 6.45) is 0. The van der Waals surface area contributed by atoms with Crippen molar-refractivity contribution in [1.82, 2.24) is 4.72 Å². The molecular formula is C11H15FN2O5S. The van der Waals surface area contributed by atoms with Crippen LogP contribution in [0, 0.1) is 21.8 Å². The van der Waals surface area contributed by atoms with Crippen molar-refractivity contribution in [3.05, 3.63) is 34.1 Å². The molecule has 20 heavy (non-hydrogen) atoms. The van der Waals surface area contributed by atoms with Crippen LogP contribution in [0.15, 0.2) is 23.1 Å². The molecule has 0 saturated heterocycles. The van der Waals surface area contributed by atoms with Crippen molar-refractivity contribution < 1.29 is 22.8 Å². The molecule has 1 aromatic rings. The van der Waals surface area contributed by atoms with E-state index in [1.807, 2.05) is 0 Å². The van der Waals surface area contributed by atoms with Gasteiger partial charge < -0.3 is 5.11 Å². The number of nitrogens with zero attached hydrogens (tertiary/aromatic N) is 1. The third kappa shape index (κ3) is 3.71. The van der Waals surface area contributed by atoms with Crippen LogP contribution < -0.4 is 4.72 Å². The first-order chi connectivity index (χ1) is 9.19. The summed E-state index contributed by atoms with van der Waals surface area (Å²) in [5, 5.41) is 19.5. The number of aliphatic hydroxyl groups excluding tert-OH is 1. The van der Waals surface area contributed by atoms with Gasteiger partial charge in [-0.3, -0.25) is 10.1 Å². The first-order valence-electron chi connectivity index (χ1n) is 5.76. The van der Waals surface area contributed by atoms with Crippen LogP contribution in [0.1, 0.15) is 13.8 Å². The third-order valence-electron chi connectivity index (χ3n) is 2.91. The van der Waals surface area contributed by atoms with Crippen LogP contribution in [0.2, 0.25) is 0 Å². The molecular weight excluding hydrogens is 291 g/mol. The van der Waals surface area contributed by atoms with E-state index in [1.54, 1.807) is 13.8 Å². The van der Waals surface area contributed by atoms with Crippen molar-refractivity contribution in [2.75, 3.05) is 6.61 Å². The molecule has 0 aliphatic heterocycles. The summed E-state index contributed by atoms with van der Waals surface area (Å²) >= 11 is 0. The monoisotopic (exact) mass is 306 g/mol. The molecule has 2 N–H and O–H groups in total. The highest BCUT2D eigenvalue weighted by molar-refractivity contribution is 7.89. The molecule has 0 radical (unpaired) electrons. The fraction of sp³-hybridized carbons (Fsp3) is 0.455. The quantitative estimate of drug-likeness (QED) is 0.602. The average molecular weight is 306 g/mol. The normalized spacial score (nSPS) is 14.8. The Morgan fingerprint density at radius 1 is 1.45 bits per heavy atom. The summed E-state index contributed by atoms with van der Waals surface area (Å²) in [6, 6.07) is 1.76. The second-order valence-corrected chi connectivity index (χ2v) is 6.15. The van der Waals surface area contributed by atoms with Crippen LogP contribution in [0.5, 0.6) is 0 Å². The predicted octanol–water partition coefficient (Wildman–Crippen LogP) is 1.03. The molecule has 0 fully saturated rings. The zero-order valence-corrected chi connectivity index (χ0v) is 11.7. The van der Waals surface area contributed by atoms with Crippen LogP contribution in [-0.4, -0.2) is 31.1 Å². The van der Waals surface area contributed by atoms with Gasteiger partial charge in [-0.15, -0.1) is 0 Å². The zero-order chi connectivity index (χ0) is 15.5. The fourth-order valence-electron chi connectivity index (χ4n) is 1.39. The maximum Gasteiger partial charge on any atom is 0.306 e. The molecule has 2 atom stereocenters. The Balaban J connectivity index is 3.10. The SMILES string of the molecule is CC(CO)C(C)NS(=O)(=O)c1ccc(F)c([N+](=O)[O-])c1. The van der Waals surface area contributed by atoms with E-state index in [1.165, 1.54) is 0 Å². The summed E-state index contributed by atoms with van der Waals surface area (Å²) in [5.74, 6) is -1.44. The molecule has 9 heteroatoms. The number of rotatable bonds is 6. The van der Waals surface area contributed by atoms with Gasteiger partial charge in [-0.25, -0.2) is 13.1 Å². The highest BCUT2D eigenvalue weighted by Gasteiger charge is 2.24. The first kappa shape index (κ1) is 16.5. The minimum absolute atomic E-state index is 0.215. The van der Waals surface area contributed by atoms with E-state index in [9.17, 15) is 22.9 Å². The maximum absolute atomic E-state index is 13.2. The van der Waals surface area contributed by atoms with E-state index in [-0.39, 0.29) is 12.5 Å². The topological polar surface area (TPSA) is 110 Å². The number of aliphatic hydroxyl groups is 1. The van der Waals surface area contributed by atoms with Gasteiger partial charge >= 0.3 is 5.69 Å². The molecule has 0 saturated carbocycles. The van der Waals surface area contributed by atoms with Crippen LogP contribution in [0.25, 0.3) is 0 Å². The predicted molar refractivity (Wildman–Crippen MR) is 69.1 cm³/mol. The van der Waals surface area contributed by atoms with Gasteiger partial charge in [-0.1, -0.05) is 6.92 Å². The Morgan fingerprint density at radius 3 is 2.55 bits per heavy atom. The Bertz CT molecular complexity index is 605. The average Bonchev–Trinajstić information content (AvgIpc) is 2.36.